The van der Waals surface area contributed by atoms with Crippen LogP contribution in [-0.4, -0.2) is 17.3 Å². The Balaban J connectivity index is 2.66. The van der Waals surface area contributed by atoms with Crippen LogP contribution >= 0.6 is 15.9 Å². The molecule has 0 spiro atoms. The zero-order chi connectivity index (χ0) is 12.0. The van der Waals surface area contributed by atoms with Crippen molar-refractivity contribution < 1.29 is 9.53 Å². The number of hydrogen-bond donors (Lipinski definition) is 1. The van der Waals surface area contributed by atoms with Crippen LogP contribution in [0.2, 0.25) is 0 Å². The van der Waals surface area contributed by atoms with Crippen molar-refractivity contribution in [2.75, 3.05) is 11.9 Å². The lowest BCUT2D eigenvalue weighted by Crippen LogP contribution is -2.19. The summed E-state index contributed by atoms with van der Waals surface area (Å²) in [6.07, 6.45) is 1.67. The van der Waals surface area contributed by atoms with Crippen LogP contribution in [0, 0.1) is 0 Å². The van der Waals surface area contributed by atoms with Gasteiger partial charge in [0.05, 0.1) is 4.83 Å². The predicted octanol–water partition coefficient (Wildman–Crippen LogP) is 2.97. The van der Waals surface area contributed by atoms with Crippen molar-refractivity contribution in [1.82, 2.24) is 0 Å². The normalized spacial score (nSPS) is 11.6. The Kier molecular flexibility index (Phi) is 5.05. The molecule has 4 heteroatoms. The molecular formula is C12H14BrNO2. The van der Waals surface area contributed by atoms with Crippen LogP contribution in [0.3, 0.4) is 0 Å². The van der Waals surface area contributed by atoms with E-state index in [2.05, 4.69) is 27.8 Å². The monoisotopic (exact) mass is 283 g/mol. The maximum atomic E-state index is 11.4. The van der Waals surface area contributed by atoms with Gasteiger partial charge in [-0.3, -0.25) is 4.79 Å². The van der Waals surface area contributed by atoms with Crippen LogP contribution in [0.15, 0.2) is 36.9 Å². The van der Waals surface area contributed by atoms with Gasteiger partial charge in [-0.25, -0.2) is 0 Å². The lowest BCUT2D eigenvalue weighted by molar-refractivity contribution is -0.115. The summed E-state index contributed by atoms with van der Waals surface area (Å²) in [5.74, 6) is 0.626. The Morgan fingerprint density at radius 1 is 1.69 bits per heavy atom. The topological polar surface area (TPSA) is 38.3 Å². The highest BCUT2D eigenvalue weighted by Gasteiger charge is 2.08. The van der Waals surface area contributed by atoms with Crippen LogP contribution in [0.5, 0.6) is 5.75 Å². The lowest BCUT2D eigenvalue weighted by Gasteiger charge is -2.08. The summed E-state index contributed by atoms with van der Waals surface area (Å²) in [5.41, 5.74) is 0.720. The fraction of sp³-hybridized carbons (Fsp3) is 0.250. The van der Waals surface area contributed by atoms with Gasteiger partial charge >= 0.3 is 0 Å². The second-order valence-electron chi connectivity index (χ2n) is 3.23. The molecule has 1 rings (SSSR count). The average molecular weight is 284 g/mol. The van der Waals surface area contributed by atoms with Gasteiger partial charge in [0.2, 0.25) is 5.91 Å². The molecule has 0 saturated heterocycles. The van der Waals surface area contributed by atoms with Crippen molar-refractivity contribution in [3.8, 4) is 5.75 Å². The highest BCUT2D eigenvalue weighted by Crippen LogP contribution is 2.18. The Morgan fingerprint density at radius 3 is 3.06 bits per heavy atom. The maximum Gasteiger partial charge on any atom is 0.237 e. The van der Waals surface area contributed by atoms with Gasteiger partial charge < -0.3 is 10.1 Å². The standard InChI is InChI=1S/C12H14BrNO2/c1-3-7-16-11-6-4-5-10(8-11)14-12(15)9(2)13/h3-6,8-9H,1,7H2,2H3,(H,14,15). The molecule has 1 aromatic rings. The van der Waals surface area contributed by atoms with E-state index in [1.54, 1.807) is 19.1 Å². The van der Waals surface area contributed by atoms with Crippen molar-refractivity contribution >= 4 is 27.5 Å². The highest BCUT2D eigenvalue weighted by atomic mass is 79.9. The molecule has 1 unspecified atom stereocenters. The summed E-state index contributed by atoms with van der Waals surface area (Å²) in [7, 11) is 0. The Hall–Kier alpha value is -1.29. The van der Waals surface area contributed by atoms with E-state index in [1.807, 2.05) is 18.2 Å². The summed E-state index contributed by atoms with van der Waals surface area (Å²) in [6, 6.07) is 7.24. The van der Waals surface area contributed by atoms with Gasteiger partial charge in [0.25, 0.3) is 0 Å². The molecule has 0 heterocycles. The molecule has 0 saturated carbocycles. The second kappa shape index (κ2) is 6.33. The summed E-state index contributed by atoms with van der Waals surface area (Å²) in [4.78, 5) is 11.2. The number of benzene rings is 1. The lowest BCUT2D eigenvalue weighted by atomic mass is 10.3. The van der Waals surface area contributed by atoms with Crippen LogP contribution in [-0.2, 0) is 4.79 Å². The van der Waals surface area contributed by atoms with Gasteiger partial charge in [-0.15, -0.1) is 0 Å². The van der Waals surface area contributed by atoms with Crippen molar-refractivity contribution in [1.29, 1.82) is 0 Å². The smallest absolute Gasteiger partial charge is 0.237 e. The zero-order valence-electron chi connectivity index (χ0n) is 9.07. The maximum absolute atomic E-state index is 11.4. The van der Waals surface area contributed by atoms with Crippen LogP contribution in [0.4, 0.5) is 5.69 Å². The average Bonchev–Trinajstić information content (AvgIpc) is 2.26. The van der Waals surface area contributed by atoms with Gasteiger partial charge in [-0.2, -0.15) is 0 Å². The fourth-order valence-electron chi connectivity index (χ4n) is 1.06. The van der Waals surface area contributed by atoms with Gasteiger partial charge in [-0.1, -0.05) is 34.7 Å². The van der Waals surface area contributed by atoms with Crippen molar-refractivity contribution in [2.24, 2.45) is 0 Å². The van der Waals surface area contributed by atoms with E-state index in [1.165, 1.54) is 0 Å². The van der Waals surface area contributed by atoms with Crippen LogP contribution in [0.1, 0.15) is 6.92 Å². The SMILES string of the molecule is C=CCOc1cccc(NC(=O)C(C)Br)c1. The molecule has 0 aromatic heterocycles. The third-order valence-electron chi connectivity index (χ3n) is 1.83. The van der Waals surface area contributed by atoms with E-state index in [-0.39, 0.29) is 10.7 Å². The third kappa shape index (κ3) is 4.06. The number of amides is 1. The molecule has 1 atom stereocenters. The van der Waals surface area contributed by atoms with E-state index in [0.717, 1.165) is 5.69 Å². The fourth-order valence-corrected chi connectivity index (χ4v) is 1.17. The van der Waals surface area contributed by atoms with E-state index >= 15 is 0 Å². The molecule has 86 valence electrons. The predicted molar refractivity (Wildman–Crippen MR) is 69.2 cm³/mol. The second-order valence-corrected chi connectivity index (χ2v) is 4.61. The molecule has 0 aliphatic rings. The number of alkyl halides is 1. The minimum Gasteiger partial charge on any atom is -0.489 e. The van der Waals surface area contributed by atoms with Gasteiger partial charge in [-0.05, 0) is 19.1 Å². The molecule has 0 aliphatic carbocycles. The van der Waals surface area contributed by atoms with Crippen LogP contribution < -0.4 is 10.1 Å². The summed E-state index contributed by atoms with van der Waals surface area (Å²) >= 11 is 3.20. The van der Waals surface area contributed by atoms with Crippen molar-refractivity contribution in [3.63, 3.8) is 0 Å². The van der Waals surface area contributed by atoms with Crippen molar-refractivity contribution in [3.05, 3.63) is 36.9 Å². The minimum absolute atomic E-state index is 0.0825. The molecule has 0 radical (unpaired) electrons. The molecular weight excluding hydrogens is 270 g/mol. The molecule has 3 nitrogen and oxygen atoms in total. The van der Waals surface area contributed by atoms with E-state index in [0.29, 0.717) is 12.4 Å². The molecule has 0 bridgehead atoms. The number of carbonyl (C=O) groups excluding carboxylic acids is 1. The quantitative estimate of drug-likeness (QED) is 0.667. The molecule has 0 fully saturated rings. The highest BCUT2D eigenvalue weighted by molar-refractivity contribution is 9.10. The Bertz CT molecular complexity index is 377. The molecule has 1 N–H and O–H groups in total. The van der Waals surface area contributed by atoms with E-state index in [4.69, 9.17) is 4.74 Å². The number of anilines is 1. The third-order valence-corrected chi connectivity index (χ3v) is 2.25. The first-order valence-electron chi connectivity index (χ1n) is 4.92. The van der Waals surface area contributed by atoms with E-state index < -0.39 is 0 Å². The first-order chi connectivity index (χ1) is 7.63. The molecule has 1 aromatic carbocycles. The van der Waals surface area contributed by atoms with Crippen LogP contribution in [0.25, 0.3) is 0 Å². The van der Waals surface area contributed by atoms with E-state index in [9.17, 15) is 4.79 Å². The summed E-state index contributed by atoms with van der Waals surface area (Å²) in [5, 5.41) is 2.77. The van der Waals surface area contributed by atoms with Gasteiger partial charge in [0.15, 0.2) is 0 Å². The summed E-state index contributed by atoms with van der Waals surface area (Å²) in [6.45, 7) is 5.79. The molecule has 0 aliphatic heterocycles. The first kappa shape index (κ1) is 12.8. The summed E-state index contributed by atoms with van der Waals surface area (Å²) < 4.78 is 5.36. The van der Waals surface area contributed by atoms with Gasteiger partial charge in [0.1, 0.15) is 12.4 Å². The number of carbonyl (C=O) groups is 1. The Morgan fingerprint density at radius 2 is 2.44 bits per heavy atom. The number of hydrogen-bond acceptors (Lipinski definition) is 2. The van der Waals surface area contributed by atoms with Gasteiger partial charge in [0, 0.05) is 11.8 Å². The number of ether oxygens (including phenoxy) is 1. The largest absolute Gasteiger partial charge is 0.489 e. The minimum atomic E-state index is -0.217. The zero-order valence-corrected chi connectivity index (χ0v) is 10.7. The molecule has 16 heavy (non-hydrogen) atoms. The Labute approximate surface area is 104 Å². The number of rotatable bonds is 5. The van der Waals surface area contributed by atoms with Crippen molar-refractivity contribution in [2.45, 2.75) is 11.8 Å². The first-order valence-corrected chi connectivity index (χ1v) is 5.83. The number of nitrogens with one attached hydrogen (secondary N) is 1. The molecule has 1 amide bonds. The number of halogens is 1.